The smallest absolute Gasteiger partial charge is 0.144 e. The molecular formula is C12H18N4OS. The third kappa shape index (κ3) is 1.83. The Kier molecular flexibility index (Phi) is 2.49. The van der Waals surface area contributed by atoms with Crippen LogP contribution in [0, 0.1) is 5.92 Å². The van der Waals surface area contributed by atoms with Gasteiger partial charge in [0.25, 0.3) is 0 Å². The van der Waals surface area contributed by atoms with Crippen LogP contribution >= 0.6 is 0 Å². The summed E-state index contributed by atoms with van der Waals surface area (Å²) >= 11 is 0. The van der Waals surface area contributed by atoms with Crippen molar-refractivity contribution >= 4 is 17.2 Å². The third-order valence-electron chi connectivity index (χ3n) is 3.81. The van der Waals surface area contributed by atoms with Crippen LogP contribution in [0.3, 0.4) is 0 Å². The number of aromatic nitrogens is 3. The van der Waals surface area contributed by atoms with E-state index in [9.17, 15) is 4.21 Å². The minimum Gasteiger partial charge on any atom is -0.246 e. The van der Waals surface area contributed by atoms with Crippen LogP contribution in [0.1, 0.15) is 45.7 Å². The van der Waals surface area contributed by atoms with E-state index < -0.39 is 11.0 Å². The lowest BCUT2D eigenvalue weighted by atomic mass is 9.50. The molecule has 1 aromatic rings. The van der Waals surface area contributed by atoms with Gasteiger partial charge in [0.15, 0.2) is 0 Å². The highest BCUT2D eigenvalue weighted by Gasteiger charge is 2.58. The highest BCUT2D eigenvalue weighted by atomic mass is 32.2. The predicted octanol–water partition coefficient (Wildman–Crippen LogP) is 1.67. The van der Waals surface area contributed by atoms with Crippen LogP contribution in [0.2, 0.25) is 0 Å². The van der Waals surface area contributed by atoms with E-state index >= 15 is 0 Å². The lowest BCUT2D eigenvalue weighted by Gasteiger charge is -2.61. The first-order valence-electron chi connectivity index (χ1n) is 6.28. The van der Waals surface area contributed by atoms with Gasteiger partial charge in [-0.3, -0.25) is 0 Å². The molecule has 3 aliphatic rings. The zero-order chi connectivity index (χ0) is 13.0. The van der Waals surface area contributed by atoms with Gasteiger partial charge in [0.05, 0.1) is 22.7 Å². The largest absolute Gasteiger partial charge is 0.246 e. The summed E-state index contributed by atoms with van der Waals surface area (Å²) in [5.41, 5.74) is 0.949. The molecule has 1 atom stereocenters. The summed E-state index contributed by atoms with van der Waals surface area (Å²) in [7, 11) is -1.24. The van der Waals surface area contributed by atoms with Gasteiger partial charge in [0.2, 0.25) is 0 Å². The van der Waals surface area contributed by atoms with Crippen molar-refractivity contribution in [2.24, 2.45) is 10.3 Å². The molecule has 5 nitrogen and oxygen atoms in total. The molecule has 0 amide bonds. The summed E-state index contributed by atoms with van der Waals surface area (Å²) in [4.78, 5) is 0. The molecule has 2 bridgehead atoms. The molecule has 4 rings (SSSR count). The van der Waals surface area contributed by atoms with Crippen molar-refractivity contribution in [1.82, 2.24) is 15.0 Å². The SMILES string of the molecule is CC(C)(C)[S@](=O)/N=C/c1cn(C23CC(C2)C3)nn1. The molecule has 0 unspecified atom stereocenters. The molecular weight excluding hydrogens is 248 g/mol. The van der Waals surface area contributed by atoms with Gasteiger partial charge in [-0.05, 0) is 46.0 Å². The van der Waals surface area contributed by atoms with Crippen LogP contribution in [0.15, 0.2) is 10.6 Å². The van der Waals surface area contributed by atoms with Crippen LogP contribution in [-0.4, -0.2) is 30.2 Å². The molecule has 0 aliphatic heterocycles. The van der Waals surface area contributed by atoms with Gasteiger partial charge >= 0.3 is 0 Å². The quantitative estimate of drug-likeness (QED) is 0.782. The summed E-state index contributed by atoms with van der Waals surface area (Å²) in [6, 6.07) is 0. The first-order chi connectivity index (χ1) is 8.39. The summed E-state index contributed by atoms with van der Waals surface area (Å²) in [6.45, 7) is 5.71. The number of nitrogens with zero attached hydrogens (tertiary/aromatic N) is 4. The normalized spacial score (nSPS) is 32.1. The summed E-state index contributed by atoms with van der Waals surface area (Å²) in [6.07, 6.45) is 7.19. The fraction of sp³-hybridized carbons (Fsp3) is 0.750. The van der Waals surface area contributed by atoms with E-state index in [0.717, 1.165) is 5.92 Å². The Morgan fingerprint density at radius 2 is 2.17 bits per heavy atom. The van der Waals surface area contributed by atoms with Crippen molar-refractivity contribution in [3.05, 3.63) is 11.9 Å². The lowest BCUT2D eigenvalue weighted by molar-refractivity contribution is -0.0988. The Hall–Kier alpha value is -1.04. The van der Waals surface area contributed by atoms with Crippen LogP contribution in [0.5, 0.6) is 0 Å². The molecule has 0 radical (unpaired) electrons. The third-order valence-corrected chi connectivity index (χ3v) is 5.15. The van der Waals surface area contributed by atoms with Crippen molar-refractivity contribution in [1.29, 1.82) is 0 Å². The van der Waals surface area contributed by atoms with Crippen LogP contribution in [0.4, 0.5) is 0 Å². The topological polar surface area (TPSA) is 60.1 Å². The number of hydrogen-bond donors (Lipinski definition) is 0. The Bertz CT molecular complexity index is 511. The first kappa shape index (κ1) is 12.0. The van der Waals surface area contributed by atoms with E-state index in [2.05, 4.69) is 14.7 Å². The molecule has 0 N–H and O–H groups in total. The maximum absolute atomic E-state index is 11.8. The van der Waals surface area contributed by atoms with Gasteiger partial charge in [-0.2, -0.15) is 4.40 Å². The zero-order valence-electron chi connectivity index (χ0n) is 11.0. The summed E-state index contributed by atoms with van der Waals surface area (Å²) < 4.78 is 17.5. The van der Waals surface area contributed by atoms with Gasteiger partial charge < -0.3 is 0 Å². The molecule has 3 aliphatic carbocycles. The fourth-order valence-electron chi connectivity index (χ4n) is 2.54. The number of hydrogen-bond acceptors (Lipinski definition) is 3. The standard InChI is InChI=1S/C12H18N4OS/c1-11(2,3)18(17)13-7-10-8-16(15-14-10)12-4-9(5-12)6-12/h7-9H,4-6H2,1-3H3/b13-7+/t9?,12?,18-/m0/s1. The van der Waals surface area contributed by atoms with Crippen molar-refractivity contribution in [3.8, 4) is 0 Å². The van der Waals surface area contributed by atoms with E-state index in [1.54, 1.807) is 6.21 Å². The molecule has 6 heteroatoms. The average Bonchev–Trinajstić information content (AvgIpc) is 2.56. The van der Waals surface area contributed by atoms with E-state index in [4.69, 9.17) is 0 Å². The number of rotatable bonds is 3. The molecule has 98 valence electrons. The van der Waals surface area contributed by atoms with E-state index in [-0.39, 0.29) is 10.3 Å². The molecule has 0 saturated heterocycles. The predicted molar refractivity (Wildman–Crippen MR) is 70.8 cm³/mol. The molecule has 0 aromatic carbocycles. The van der Waals surface area contributed by atoms with Gasteiger partial charge in [-0.1, -0.05) is 5.21 Å². The summed E-state index contributed by atoms with van der Waals surface area (Å²) in [5.74, 6) is 0.916. The van der Waals surface area contributed by atoms with Crippen molar-refractivity contribution in [2.45, 2.75) is 50.3 Å². The second kappa shape index (κ2) is 3.73. The maximum Gasteiger partial charge on any atom is 0.144 e. The van der Waals surface area contributed by atoms with Gasteiger partial charge in [-0.15, -0.1) is 5.10 Å². The second-order valence-corrected chi connectivity index (χ2v) is 8.32. The Labute approximate surface area is 109 Å². The molecule has 3 fully saturated rings. The maximum atomic E-state index is 11.8. The Morgan fingerprint density at radius 1 is 1.50 bits per heavy atom. The zero-order valence-corrected chi connectivity index (χ0v) is 11.8. The van der Waals surface area contributed by atoms with Crippen LogP contribution in [-0.2, 0) is 16.5 Å². The molecule has 18 heavy (non-hydrogen) atoms. The molecule has 1 heterocycles. The van der Waals surface area contributed by atoms with Crippen LogP contribution < -0.4 is 0 Å². The van der Waals surface area contributed by atoms with Crippen molar-refractivity contribution in [2.75, 3.05) is 0 Å². The van der Waals surface area contributed by atoms with E-state index in [1.165, 1.54) is 19.3 Å². The lowest BCUT2D eigenvalue weighted by Crippen LogP contribution is -2.59. The van der Waals surface area contributed by atoms with Gasteiger partial charge in [-0.25, -0.2) is 8.89 Å². The van der Waals surface area contributed by atoms with Gasteiger partial charge in [0, 0.05) is 0 Å². The monoisotopic (exact) mass is 266 g/mol. The van der Waals surface area contributed by atoms with Gasteiger partial charge in [0.1, 0.15) is 16.7 Å². The van der Waals surface area contributed by atoms with Crippen LogP contribution in [0.25, 0.3) is 0 Å². The highest BCUT2D eigenvalue weighted by Crippen LogP contribution is 2.61. The Balaban J connectivity index is 1.70. The van der Waals surface area contributed by atoms with E-state index in [1.807, 2.05) is 31.6 Å². The minimum atomic E-state index is -1.24. The molecule has 3 saturated carbocycles. The minimum absolute atomic E-state index is 0.257. The summed E-state index contributed by atoms with van der Waals surface area (Å²) in [5, 5.41) is 8.24. The molecule has 0 spiro atoms. The average molecular weight is 266 g/mol. The van der Waals surface area contributed by atoms with Crippen molar-refractivity contribution < 1.29 is 4.21 Å². The van der Waals surface area contributed by atoms with E-state index in [0.29, 0.717) is 5.69 Å². The second-order valence-electron chi connectivity index (χ2n) is 6.39. The fourth-order valence-corrected chi connectivity index (χ4v) is 3.06. The molecule has 1 aromatic heterocycles. The highest BCUT2D eigenvalue weighted by molar-refractivity contribution is 7.85. The first-order valence-corrected chi connectivity index (χ1v) is 7.39. The Morgan fingerprint density at radius 3 is 2.67 bits per heavy atom. The van der Waals surface area contributed by atoms with Crippen molar-refractivity contribution in [3.63, 3.8) is 0 Å².